The van der Waals surface area contributed by atoms with Crippen LogP contribution in [-0.4, -0.2) is 27.8 Å². The molecule has 0 spiro atoms. The quantitative estimate of drug-likeness (QED) is 0.759. The molecule has 74 valence electrons. The molecule has 0 unspecified atom stereocenters. The van der Waals surface area contributed by atoms with Crippen LogP contribution in [0, 0.1) is 0 Å². The zero-order valence-corrected chi connectivity index (χ0v) is 10.4. The molecular formula is C9H15BrN2S. The average molecular weight is 263 g/mol. The minimum atomic E-state index is 0.585. The molecule has 0 fully saturated rings. The lowest BCUT2D eigenvalue weighted by Crippen LogP contribution is -2.31. The summed E-state index contributed by atoms with van der Waals surface area (Å²) in [7, 11) is 0. The van der Waals surface area contributed by atoms with Crippen molar-refractivity contribution < 1.29 is 0 Å². The molecule has 0 aliphatic rings. The summed E-state index contributed by atoms with van der Waals surface area (Å²) in [5.41, 5.74) is 0. The molecule has 0 atom stereocenters. The van der Waals surface area contributed by atoms with Crippen LogP contribution in [0.3, 0.4) is 0 Å². The number of nitrogens with zero attached hydrogens (tertiary/aromatic N) is 2. The van der Waals surface area contributed by atoms with E-state index in [2.05, 4.69) is 39.7 Å². The molecule has 0 N–H and O–H groups in total. The first kappa shape index (κ1) is 11.1. The van der Waals surface area contributed by atoms with Crippen molar-refractivity contribution in [2.75, 3.05) is 11.9 Å². The third-order valence-corrected chi connectivity index (χ3v) is 3.04. The highest BCUT2D eigenvalue weighted by atomic mass is 79.9. The molecular weight excluding hydrogens is 248 g/mol. The molecule has 2 nitrogen and oxygen atoms in total. The van der Waals surface area contributed by atoms with Crippen LogP contribution in [0.1, 0.15) is 18.9 Å². The number of aromatic nitrogens is 1. The lowest BCUT2D eigenvalue weighted by atomic mass is 10.3. The molecule has 13 heavy (non-hydrogen) atoms. The third kappa shape index (κ3) is 3.75. The van der Waals surface area contributed by atoms with Crippen LogP contribution >= 0.6 is 27.3 Å². The van der Waals surface area contributed by atoms with E-state index in [-0.39, 0.29) is 0 Å². The molecule has 0 saturated carbocycles. The third-order valence-electron chi connectivity index (χ3n) is 1.92. The molecule has 0 radical (unpaired) electrons. The van der Waals surface area contributed by atoms with Crippen LogP contribution in [0.25, 0.3) is 0 Å². The van der Waals surface area contributed by atoms with Crippen molar-refractivity contribution in [2.24, 2.45) is 0 Å². The Morgan fingerprint density at radius 2 is 2.38 bits per heavy atom. The maximum absolute atomic E-state index is 4.28. The van der Waals surface area contributed by atoms with Gasteiger partial charge in [-0.2, -0.15) is 0 Å². The summed E-state index contributed by atoms with van der Waals surface area (Å²) in [5, 5.41) is 4.26. The van der Waals surface area contributed by atoms with Gasteiger partial charge in [-0.05, 0) is 13.8 Å². The minimum Gasteiger partial charge on any atom is -0.293 e. The number of alkyl halides is 1. The van der Waals surface area contributed by atoms with Crippen molar-refractivity contribution in [2.45, 2.75) is 26.4 Å². The van der Waals surface area contributed by atoms with Gasteiger partial charge in [0.05, 0.1) is 6.54 Å². The zero-order valence-electron chi connectivity index (χ0n) is 8.03. The van der Waals surface area contributed by atoms with Crippen molar-refractivity contribution in [3.8, 4) is 0 Å². The Labute approximate surface area is 92.1 Å². The summed E-state index contributed by atoms with van der Waals surface area (Å²) in [6.07, 6.45) is 1.87. The van der Waals surface area contributed by atoms with Crippen LogP contribution in [0.5, 0.6) is 0 Å². The smallest absolute Gasteiger partial charge is 0.107 e. The fourth-order valence-corrected chi connectivity index (χ4v) is 2.23. The molecule has 0 saturated heterocycles. The maximum Gasteiger partial charge on any atom is 0.107 e. The highest BCUT2D eigenvalue weighted by molar-refractivity contribution is 9.09. The van der Waals surface area contributed by atoms with Crippen LogP contribution in [-0.2, 0) is 6.54 Å². The van der Waals surface area contributed by atoms with Crippen molar-refractivity contribution >= 4 is 27.3 Å². The van der Waals surface area contributed by atoms with Gasteiger partial charge in [-0.25, -0.2) is 4.98 Å². The lowest BCUT2D eigenvalue weighted by molar-refractivity contribution is 0.227. The summed E-state index contributed by atoms with van der Waals surface area (Å²) < 4.78 is 0. The van der Waals surface area contributed by atoms with Gasteiger partial charge in [0.1, 0.15) is 5.01 Å². The maximum atomic E-state index is 4.28. The number of hydrogen-bond acceptors (Lipinski definition) is 3. The molecule has 1 aromatic rings. The Morgan fingerprint density at radius 3 is 2.85 bits per heavy atom. The Bertz CT molecular complexity index is 224. The zero-order chi connectivity index (χ0) is 9.68. The van der Waals surface area contributed by atoms with Crippen molar-refractivity contribution in [3.63, 3.8) is 0 Å². The standard InChI is InChI=1S/C9H15BrN2S/c1-8(2)12(5-3-10)7-9-11-4-6-13-9/h4,6,8H,3,5,7H2,1-2H3. The number of rotatable bonds is 5. The van der Waals surface area contributed by atoms with E-state index in [9.17, 15) is 0 Å². The minimum absolute atomic E-state index is 0.585. The second-order valence-electron chi connectivity index (χ2n) is 3.18. The van der Waals surface area contributed by atoms with Gasteiger partial charge >= 0.3 is 0 Å². The molecule has 0 bridgehead atoms. The molecule has 0 amide bonds. The molecule has 1 heterocycles. The van der Waals surface area contributed by atoms with Crippen LogP contribution < -0.4 is 0 Å². The van der Waals surface area contributed by atoms with Gasteiger partial charge in [-0.15, -0.1) is 11.3 Å². The summed E-state index contributed by atoms with van der Waals surface area (Å²) in [6.45, 7) is 6.49. The first-order valence-electron chi connectivity index (χ1n) is 4.42. The molecule has 0 aliphatic carbocycles. The van der Waals surface area contributed by atoms with E-state index >= 15 is 0 Å². The van der Waals surface area contributed by atoms with Gasteiger partial charge in [0.15, 0.2) is 0 Å². The van der Waals surface area contributed by atoms with Gasteiger partial charge in [0, 0.05) is 29.5 Å². The predicted molar refractivity (Wildman–Crippen MR) is 61.5 cm³/mol. The summed E-state index contributed by atoms with van der Waals surface area (Å²) in [4.78, 5) is 6.69. The predicted octanol–water partition coefficient (Wildman–Crippen LogP) is 2.75. The van der Waals surface area contributed by atoms with Gasteiger partial charge in [-0.3, -0.25) is 4.90 Å². The van der Waals surface area contributed by atoms with E-state index in [4.69, 9.17) is 0 Å². The van der Waals surface area contributed by atoms with E-state index in [1.54, 1.807) is 11.3 Å². The van der Waals surface area contributed by atoms with Gasteiger partial charge in [0.2, 0.25) is 0 Å². The van der Waals surface area contributed by atoms with Crippen molar-refractivity contribution in [3.05, 3.63) is 16.6 Å². The number of halogens is 1. The monoisotopic (exact) mass is 262 g/mol. The Balaban J connectivity index is 2.47. The fraction of sp³-hybridized carbons (Fsp3) is 0.667. The van der Waals surface area contributed by atoms with Gasteiger partial charge in [0.25, 0.3) is 0 Å². The normalized spacial score (nSPS) is 11.5. The lowest BCUT2D eigenvalue weighted by Gasteiger charge is -2.24. The number of hydrogen-bond donors (Lipinski definition) is 0. The SMILES string of the molecule is CC(C)N(CCBr)Cc1nccs1. The molecule has 1 rings (SSSR count). The molecule has 0 aliphatic heterocycles. The summed E-state index contributed by atoms with van der Waals surface area (Å²) in [6, 6.07) is 0.585. The summed E-state index contributed by atoms with van der Waals surface area (Å²) >= 11 is 5.19. The topological polar surface area (TPSA) is 16.1 Å². The largest absolute Gasteiger partial charge is 0.293 e. The van der Waals surface area contributed by atoms with Crippen LogP contribution in [0.4, 0.5) is 0 Å². The Kier molecular flexibility index (Phi) is 4.91. The van der Waals surface area contributed by atoms with E-state index in [0.29, 0.717) is 6.04 Å². The second kappa shape index (κ2) is 5.73. The number of thiazole rings is 1. The van der Waals surface area contributed by atoms with Crippen LogP contribution in [0.2, 0.25) is 0 Å². The van der Waals surface area contributed by atoms with Crippen molar-refractivity contribution in [1.29, 1.82) is 0 Å². The summed E-state index contributed by atoms with van der Waals surface area (Å²) in [5.74, 6) is 0. The Morgan fingerprint density at radius 1 is 1.62 bits per heavy atom. The van der Waals surface area contributed by atoms with E-state index in [0.717, 1.165) is 18.4 Å². The molecule has 0 aromatic carbocycles. The van der Waals surface area contributed by atoms with E-state index in [1.165, 1.54) is 5.01 Å². The average Bonchev–Trinajstić information content (AvgIpc) is 2.56. The second-order valence-corrected chi connectivity index (χ2v) is 4.95. The first-order valence-corrected chi connectivity index (χ1v) is 6.42. The van der Waals surface area contributed by atoms with Crippen LogP contribution in [0.15, 0.2) is 11.6 Å². The molecule has 4 heteroatoms. The van der Waals surface area contributed by atoms with E-state index in [1.807, 2.05) is 11.6 Å². The van der Waals surface area contributed by atoms with Gasteiger partial charge in [-0.1, -0.05) is 15.9 Å². The fourth-order valence-electron chi connectivity index (χ4n) is 1.13. The van der Waals surface area contributed by atoms with E-state index < -0.39 is 0 Å². The molecule has 1 aromatic heterocycles. The first-order chi connectivity index (χ1) is 6.24. The Hall–Kier alpha value is 0.0700. The highest BCUT2D eigenvalue weighted by Crippen LogP contribution is 2.10. The highest BCUT2D eigenvalue weighted by Gasteiger charge is 2.09. The van der Waals surface area contributed by atoms with Gasteiger partial charge < -0.3 is 0 Å². The van der Waals surface area contributed by atoms with Crippen molar-refractivity contribution in [1.82, 2.24) is 9.88 Å².